The molecule has 10 heteroatoms. The van der Waals surface area contributed by atoms with Gasteiger partial charge in [-0.2, -0.15) is 0 Å². The third-order valence-corrected chi connectivity index (χ3v) is 4.77. The molecule has 0 aliphatic heterocycles. The minimum absolute atomic E-state index is 0.0758. The fourth-order valence-electron chi connectivity index (χ4n) is 2.50. The maximum Gasteiger partial charge on any atom is 0.238 e. The van der Waals surface area contributed by atoms with Crippen molar-refractivity contribution in [3.05, 3.63) is 53.8 Å². The van der Waals surface area contributed by atoms with E-state index < -0.39 is 27.7 Å². The van der Waals surface area contributed by atoms with E-state index in [4.69, 9.17) is 5.14 Å². The van der Waals surface area contributed by atoms with E-state index >= 15 is 0 Å². The summed E-state index contributed by atoms with van der Waals surface area (Å²) < 4.78 is 36.2. The van der Waals surface area contributed by atoms with Crippen LogP contribution in [0.4, 0.5) is 15.8 Å². The molecule has 0 spiro atoms. The van der Waals surface area contributed by atoms with E-state index in [9.17, 15) is 22.4 Å². The Hall–Kier alpha value is -2.82. The molecule has 0 aliphatic rings. The Morgan fingerprint density at radius 2 is 1.61 bits per heavy atom. The van der Waals surface area contributed by atoms with Crippen molar-refractivity contribution >= 4 is 33.2 Å². The first-order chi connectivity index (χ1) is 13.0. The highest BCUT2D eigenvalue weighted by atomic mass is 32.2. The van der Waals surface area contributed by atoms with Crippen LogP contribution < -0.4 is 15.8 Å². The average Bonchev–Trinajstić information content (AvgIpc) is 2.55. The number of carbonyl (C=O) groups excluding carboxylic acids is 2. The topological polar surface area (TPSA) is 122 Å². The van der Waals surface area contributed by atoms with Crippen molar-refractivity contribution in [3.63, 3.8) is 0 Å². The Morgan fingerprint density at radius 3 is 2.14 bits per heavy atom. The van der Waals surface area contributed by atoms with Gasteiger partial charge in [-0.15, -0.1) is 0 Å². The number of carbonyl (C=O) groups is 2. The van der Waals surface area contributed by atoms with E-state index in [2.05, 4.69) is 10.6 Å². The fraction of sp³-hybridized carbons (Fsp3) is 0.222. The van der Waals surface area contributed by atoms with Crippen LogP contribution in [0.3, 0.4) is 0 Å². The number of aryl methyl sites for hydroxylation is 1. The van der Waals surface area contributed by atoms with Crippen LogP contribution >= 0.6 is 0 Å². The van der Waals surface area contributed by atoms with Crippen LogP contribution in [0, 0.1) is 12.7 Å². The molecule has 0 aliphatic carbocycles. The third-order valence-electron chi connectivity index (χ3n) is 3.71. The molecule has 0 saturated carbocycles. The van der Waals surface area contributed by atoms with Crippen molar-refractivity contribution in [3.8, 4) is 0 Å². The maximum atomic E-state index is 13.1. The quantitative estimate of drug-likeness (QED) is 0.637. The normalized spacial score (nSPS) is 11.3. The highest BCUT2D eigenvalue weighted by molar-refractivity contribution is 7.89. The lowest BCUT2D eigenvalue weighted by molar-refractivity contribution is -0.119. The molecule has 2 aromatic rings. The second kappa shape index (κ2) is 8.91. The van der Waals surface area contributed by atoms with Crippen molar-refractivity contribution in [1.29, 1.82) is 0 Å². The number of amides is 2. The SMILES string of the molecule is Cc1ccc(NC(=O)CN(C)CC(=O)Nc2cccc(F)c2)cc1S(N)(=O)=O. The molecule has 0 atom stereocenters. The van der Waals surface area contributed by atoms with Crippen LogP contribution in [0.15, 0.2) is 47.4 Å². The Labute approximate surface area is 162 Å². The first-order valence-electron chi connectivity index (χ1n) is 8.22. The number of sulfonamides is 1. The molecule has 2 aromatic carbocycles. The van der Waals surface area contributed by atoms with Crippen molar-refractivity contribution < 1.29 is 22.4 Å². The molecule has 0 bridgehead atoms. The first-order valence-corrected chi connectivity index (χ1v) is 9.76. The number of anilines is 2. The Kier molecular flexibility index (Phi) is 6.84. The van der Waals surface area contributed by atoms with Gasteiger partial charge < -0.3 is 10.6 Å². The van der Waals surface area contributed by atoms with Gasteiger partial charge in [0.25, 0.3) is 0 Å². The van der Waals surface area contributed by atoms with Crippen LogP contribution in [0.5, 0.6) is 0 Å². The van der Waals surface area contributed by atoms with Crippen molar-refractivity contribution in [2.45, 2.75) is 11.8 Å². The Morgan fingerprint density at radius 1 is 1.04 bits per heavy atom. The van der Waals surface area contributed by atoms with Crippen molar-refractivity contribution in [1.82, 2.24) is 4.90 Å². The number of hydrogen-bond donors (Lipinski definition) is 3. The highest BCUT2D eigenvalue weighted by Gasteiger charge is 2.15. The molecule has 0 aromatic heterocycles. The molecule has 28 heavy (non-hydrogen) atoms. The number of nitrogens with one attached hydrogen (secondary N) is 2. The Bertz CT molecular complexity index is 995. The second-order valence-electron chi connectivity index (χ2n) is 6.30. The predicted molar refractivity (Wildman–Crippen MR) is 104 cm³/mol. The lowest BCUT2D eigenvalue weighted by Gasteiger charge is -2.16. The molecule has 0 saturated heterocycles. The summed E-state index contributed by atoms with van der Waals surface area (Å²) in [5, 5.41) is 10.2. The number of rotatable bonds is 7. The molecule has 8 nitrogen and oxygen atoms in total. The number of likely N-dealkylation sites (N-methyl/N-ethyl adjacent to an activating group) is 1. The van der Waals surface area contributed by atoms with Gasteiger partial charge in [-0.1, -0.05) is 12.1 Å². The van der Waals surface area contributed by atoms with Gasteiger partial charge in [0.2, 0.25) is 21.8 Å². The Balaban J connectivity index is 1.91. The van der Waals surface area contributed by atoms with Crippen molar-refractivity contribution in [2.75, 3.05) is 30.8 Å². The first kappa shape index (κ1) is 21.5. The van der Waals surface area contributed by atoms with E-state index in [1.54, 1.807) is 26.1 Å². The minimum Gasteiger partial charge on any atom is -0.325 e. The van der Waals surface area contributed by atoms with Gasteiger partial charge in [-0.05, 0) is 49.9 Å². The van der Waals surface area contributed by atoms with Crippen LogP contribution in [-0.2, 0) is 19.6 Å². The summed E-state index contributed by atoms with van der Waals surface area (Å²) in [6, 6.07) is 9.83. The number of benzene rings is 2. The van der Waals surface area contributed by atoms with Crippen LogP contribution in [0.1, 0.15) is 5.56 Å². The molecule has 0 radical (unpaired) electrons. The smallest absolute Gasteiger partial charge is 0.238 e. The van der Waals surface area contributed by atoms with Gasteiger partial charge in [0.15, 0.2) is 0 Å². The van der Waals surface area contributed by atoms with Crippen LogP contribution in [0.25, 0.3) is 0 Å². The lowest BCUT2D eigenvalue weighted by Crippen LogP contribution is -2.36. The number of halogens is 1. The number of hydrogen-bond acceptors (Lipinski definition) is 5. The van der Waals surface area contributed by atoms with Crippen LogP contribution in [-0.4, -0.2) is 45.3 Å². The lowest BCUT2D eigenvalue weighted by atomic mass is 10.2. The summed E-state index contributed by atoms with van der Waals surface area (Å²) in [6.07, 6.45) is 0. The molecular weight excluding hydrogens is 387 g/mol. The molecule has 0 unspecified atom stereocenters. The number of nitrogens with two attached hydrogens (primary N) is 1. The standard InChI is InChI=1S/C18H21FN4O4S/c1-12-6-7-15(9-16(12)28(20,26)27)22-18(25)11-23(2)10-17(24)21-14-5-3-4-13(19)8-14/h3-9H,10-11H2,1-2H3,(H,21,24)(H,22,25)(H2,20,26,27). The summed E-state index contributed by atoms with van der Waals surface area (Å²) in [5.41, 5.74) is 1.06. The van der Waals surface area contributed by atoms with Crippen LogP contribution in [0.2, 0.25) is 0 Å². The second-order valence-corrected chi connectivity index (χ2v) is 7.83. The van der Waals surface area contributed by atoms with Crippen molar-refractivity contribution in [2.24, 2.45) is 5.14 Å². The summed E-state index contributed by atoms with van der Waals surface area (Å²) in [6.45, 7) is 1.38. The van der Waals surface area contributed by atoms with Gasteiger partial charge in [0, 0.05) is 11.4 Å². The zero-order valence-corrected chi connectivity index (χ0v) is 16.2. The maximum absolute atomic E-state index is 13.1. The molecular formula is C18H21FN4O4S. The van der Waals surface area contributed by atoms with Gasteiger partial charge in [-0.3, -0.25) is 14.5 Å². The summed E-state index contributed by atoms with van der Waals surface area (Å²) in [7, 11) is -2.34. The predicted octanol–water partition coefficient (Wildman–Crippen LogP) is 1.29. The molecule has 2 amide bonds. The largest absolute Gasteiger partial charge is 0.325 e. The zero-order valence-electron chi connectivity index (χ0n) is 15.4. The molecule has 0 heterocycles. The third kappa shape index (κ3) is 6.41. The highest BCUT2D eigenvalue weighted by Crippen LogP contribution is 2.19. The molecule has 150 valence electrons. The molecule has 4 N–H and O–H groups in total. The minimum atomic E-state index is -3.90. The van der Waals surface area contributed by atoms with E-state index in [-0.39, 0.29) is 23.7 Å². The molecule has 0 fully saturated rings. The van der Waals surface area contributed by atoms with Gasteiger partial charge in [-0.25, -0.2) is 17.9 Å². The van der Waals surface area contributed by atoms with E-state index in [1.165, 1.54) is 35.2 Å². The fourth-order valence-corrected chi connectivity index (χ4v) is 3.31. The van der Waals surface area contributed by atoms with Gasteiger partial charge >= 0.3 is 0 Å². The monoisotopic (exact) mass is 408 g/mol. The average molecular weight is 408 g/mol. The zero-order chi connectivity index (χ0) is 20.9. The van der Waals surface area contributed by atoms with E-state index in [0.29, 0.717) is 11.3 Å². The van der Waals surface area contributed by atoms with Gasteiger partial charge in [0.1, 0.15) is 5.82 Å². The summed E-state index contributed by atoms with van der Waals surface area (Å²) in [5.74, 6) is -1.32. The summed E-state index contributed by atoms with van der Waals surface area (Å²) in [4.78, 5) is 25.5. The number of nitrogens with zero attached hydrogens (tertiary/aromatic N) is 1. The number of primary sulfonamides is 1. The summed E-state index contributed by atoms with van der Waals surface area (Å²) >= 11 is 0. The molecule has 2 rings (SSSR count). The van der Waals surface area contributed by atoms with Gasteiger partial charge in [0.05, 0.1) is 18.0 Å². The van der Waals surface area contributed by atoms with E-state index in [0.717, 1.165) is 0 Å². The van der Waals surface area contributed by atoms with E-state index in [1.807, 2.05) is 0 Å².